The number of ether oxygens (including phenoxy) is 1. The Morgan fingerprint density at radius 1 is 1.24 bits per heavy atom. The minimum Gasteiger partial charge on any atom is -0.508 e. The van der Waals surface area contributed by atoms with Crippen molar-refractivity contribution in [3.05, 3.63) is 64.1 Å². The van der Waals surface area contributed by atoms with Gasteiger partial charge in [-0.25, -0.2) is 9.18 Å². The molecule has 196 valence electrons. The second-order valence-electron chi connectivity index (χ2n) is 9.55. The summed E-state index contributed by atoms with van der Waals surface area (Å²) in [6.07, 6.45) is 0.693. The summed E-state index contributed by atoms with van der Waals surface area (Å²) in [5, 5.41) is 10.8. The molecule has 1 aromatic heterocycles. The normalized spacial score (nSPS) is 19.3. The highest BCUT2D eigenvalue weighted by molar-refractivity contribution is 6.31. The number of rotatable bonds is 9. The Hall–Kier alpha value is -3.14. The monoisotopic (exact) mass is 528 g/mol. The van der Waals surface area contributed by atoms with Crippen molar-refractivity contribution in [2.45, 2.75) is 31.8 Å². The molecule has 2 atom stereocenters. The van der Waals surface area contributed by atoms with E-state index in [-0.39, 0.29) is 29.3 Å². The van der Waals surface area contributed by atoms with E-state index in [1.54, 1.807) is 36.3 Å². The van der Waals surface area contributed by atoms with Crippen LogP contribution in [0.4, 0.5) is 9.18 Å². The third-order valence-corrected chi connectivity index (χ3v) is 7.71. The molecule has 0 aliphatic carbocycles. The third-order valence-electron chi connectivity index (χ3n) is 7.42. The summed E-state index contributed by atoms with van der Waals surface area (Å²) in [4.78, 5) is 35.7. The van der Waals surface area contributed by atoms with Crippen molar-refractivity contribution >= 4 is 34.4 Å². The molecule has 0 saturated carbocycles. The number of nitrogens with one attached hydrogen (secondary N) is 1. The molecule has 2 aromatic carbocycles. The average molecular weight is 529 g/mol. The second-order valence-corrected chi connectivity index (χ2v) is 9.95. The molecule has 1 unspecified atom stereocenters. The van der Waals surface area contributed by atoms with Crippen LogP contribution in [0.25, 0.3) is 10.9 Å². The fourth-order valence-electron chi connectivity index (χ4n) is 5.51. The van der Waals surface area contributed by atoms with Gasteiger partial charge in [-0.3, -0.25) is 14.6 Å². The largest absolute Gasteiger partial charge is 0.508 e. The Morgan fingerprint density at radius 2 is 2.05 bits per heavy atom. The number of phenols is 1. The first-order valence-corrected chi connectivity index (χ1v) is 12.8. The van der Waals surface area contributed by atoms with Crippen molar-refractivity contribution in [1.82, 2.24) is 19.7 Å². The molecule has 37 heavy (non-hydrogen) atoms. The van der Waals surface area contributed by atoms with Crippen molar-refractivity contribution in [2.75, 3.05) is 39.9 Å². The van der Waals surface area contributed by atoms with E-state index in [9.17, 15) is 19.1 Å². The number of urea groups is 1. The number of hydrogen-bond donors (Lipinski definition) is 2. The van der Waals surface area contributed by atoms with Gasteiger partial charge in [0.2, 0.25) is 0 Å². The van der Waals surface area contributed by atoms with E-state index < -0.39 is 17.9 Å². The number of H-pyrrole nitrogens is 1. The molecule has 1 fully saturated rings. The van der Waals surface area contributed by atoms with E-state index in [0.717, 1.165) is 28.8 Å². The molecule has 10 heteroatoms. The Kier molecular flexibility index (Phi) is 7.11. The highest BCUT2D eigenvalue weighted by Crippen LogP contribution is 2.43. The molecule has 1 saturated heterocycles. The zero-order valence-corrected chi connectivity index (χ0v) is 21.6. The van der Waals surface area contributed by atoms with Crippen molar-refractivity contribution in [2.24, 2.45) is 0 Å². The predicted molar refractivity (Wildman–Crippen MR) is 138 cm³/mol. The quantitative estimate of drug-likeness (QED) is 0.408. The van der Waals surface area contributed by atoms with Crippen molar-refractivity contribution < 1.29 is 23.8 Å². The highest BCUT2D eigenvalue weighted by Gasteiger charge is 2.52. The van der Waals surface area contributed by atoms with Gasteiger partial charge < -0.3 is 19.7 Å². The SMILES string of the molecule is CCN(CCOC)CCN1C(=O)[C@@H]2Cc3c([nH]c4cc(F)c(Cl)cc34)C(Cc3cccc(O)c3)N2C1=O. The molecular weight excluding hydrogens is 499 g/mol. The number of fused-ring (bicyclic) bond motifs is 4. The Labute approximate surface area is 219 Å². The standard InChI is InChI=1S/C27H30ClFN4O4/c1-3-31(9-10-37-2)7-8-32-26(35)24-14-19-18-13-20(28)21(29)15-22(18)30-25(19)23(33(24)27(32)36)12-16-5-4-6-17(34)11-16/h4-6,11,13,15,23-24,30,34H,3,7-10,12,14H2,1-2H3/t23?,24-/m0/s1. The van der Waals surface area contributed by atoms with Gasteiger partial charge in [0.1, 0.15) is 17.6 Å². The van der Waals surface area contributed by atoms with Gasteiger partial charge in [-0.05, 0) is 48.4 Å². The van der Waals surface area contributed by atoms with Crippen LogP contribution < -0.4 is 0 Å². The third kappa shape index (κ3) is 4.67. The first-order valence-electron chi connectivity index (χ1n) is 12.4. The fraction of sp³-hybridized carbons (Fsp3) is 0.407. The molecule has 0 spiro atoms. The van der Waals surface area contributed by atoms with Gasteiger partial charge in [0.15, 0.2) is 0 Å². The number of phenolic OH excluding ortho intramolecular Hbond substituents is 1. The Bertz CT molecular complexity index is 1350. The maximum absolute atomic E-state index is 14.2. The average Bonchev–Trinajstić information content (AvgIpc) is 3.34. The molecule has 5 rings (SSSR count). The molecule has 2 aliphatic rings. The van der Waals surface area contributed by atoms with Gasteiger partial charge in [-0.2, -0.15) is 0 Å². The lowest BCUT2D eigenvalue weighted by atomic mass is 9.89. The van der Waals surface area contributed by atoms with Crippen LogP contribution in [0.1, 0.15) is 29.8 Å². The summed E-state index contributed by atoms with van der Waals surface area (Å²) in [5.41, 5.74) is 3.01. The highest BCUT2D eigenvalue weighted by atomic mass is 35.5. The van der Waals surface area contributed by atoms with Gasteiger partial charge in [-0.15, -0.1) is 0 Å². The molecule has 2 aliphatic heterocycles. The van der Waals surface area contributed by atoms with Crippen LogP contribution in [0.3, 0.4) is 0 Å². The number of imide groups is 1. The number of likely N-dealkylation sites (N-methyl/N-ethyl adjacent to an activating group) is 1. The van der Waals surface area contributed by atoms with E-state index in [0.29, 0.717) is 38.1 Å². The number of methoxy groups -OCH3 is 1. The number of halogens is 2. The van der Waals surface area contributed by atoms with Gasteiger partial charge in [0, 0.05) is 49.8 Å². The molecule has 2 N–H and O–H groups in total. The number of aromatic amines is 1. The van der Waals surface area contributed by atoms with Gasteiger partial charge >= 0.3 is 6.03 Å². The zero-order chi connectivity index (χ0) is 26.3. The van der Waals surface area contributed by atoms with Gasteiger partial charge in [0.05, 0.1) is 17.7 Å². The lowest BCUT2D eigenvalue weighted by Crippen LogP contribution is -2.44. The van der Waals surface area contributed by atoms with E-state index >= 15 is 0 Å². The molecule has 8 nitrogen and oxygen atoms in total. The van der Waals surface area contributed by atoms with Gasteiger partial charge in [-0.1, -0.05) is 30.7 Å². The summed E-state index contributed by atoms with van der Waals surface area (Å²) in [6, 6.07) is 8.28. The first-order chi connectivity index (χ1) is 17.8. The Balaban J connectivity index is 1.51. The summed E-state index contributed by atoms with van der Waals surface area (Å²) < 4.78 is 19.4. The number of hydrogen-bond acceptors (Lipinski definition) is 5. The number of amides is 3. The molecule has 3 aromatic rings. The zero-order valence-electron chi connectivity index (χ0n) is 20.8. The number of aromatic hydroxyl groups is 1. The predicted octanol–water partition coefficient (Wildman–Crippen LogP) is 4.11. The molecule has 0 bridgehead atoms. The number of benzene rings is 2. The van der Waals surface area contributed by atoms with Crippen LogP contribution in [-0.2, 0) is 22.4 Å². The van der Waals surface area contributed by atoms with Crippen molar-refractivity contribution in [1.29, 1.82) is 0 Å². The van der Waals surface area contributed by atoms with E-state index in [4.69, 9.17) is 16.3 Å². The Morgan fingerprint density at radius 3 is 2.78 bits per heavy atom. The molecule has 3 heterocycles. The van der Waals surface area contributed by atoms with Crippen LogP contribution in [0.5, 0.6) is 5.75 Å². The van der Waals surface area contributed by atoms with Gasteiger partial charge in [0.25, 0.3) is 5.91 Å². The maximum Gasteiger partial charge on any atom is 0.328 e. The minimum atomic E-state index is -0.667. The smallest absolute Gasteiger partial charge is 0.328 e. The minimum absolute atomic E-state index is 0.00688. The lowest BCUT2D eigenvalue weighted by Gasteiger charge is -2.36. The number of nitrogens with zero attached hydrogens (tertiary/aromatic N) is 3. The maximum atomic E-state index is 14.2. The van der Waals surface area contributed by atoms with Crippen LogP contribution in [0.15, 0.2) is 36.4 Å². The van der Waals surface area contributed by atoms with Crippen molar-refractivity contribution in [3.8, 4) is 5.75 Å². The van der Waals surface area contributed by atoms with E-state index in [1.807, 2.05) is 13.0 Å². The van der Waals surface area contributed by atoms with Crippen LogP contribution in [0.2, 0.25) is 5.02 Å². The van der Waals surface area contributed by atoms with E-state index in [2.05, 4.69) is 9.88 Å². The second kappa shape index (κ2) is 10.3. The summed E-state index contributed by atoms with van der Waals surface area (Å²) in [7, 11) is 1.64. The fourth-order valence-corrected chi connectivity index (χ4v) is 5.67. The summed E-state index contributed by atoms with van der Waals surface area (Å²) in [6.45, 7) is 4.93. The van der Waals surface area contributed by atoms with Crippen LogP contribution >= 0.6 is 11.6 Å². The summed E-state index contributed by atoms with van der Waals surface area (Å²) >= 11 is 6.11. The number of carbonyl (C=O) groups is 2. The topological polar surface area (TPSA) is 89.1 Å². The van der Waals surface area contributed by atoms with Crippen LogP contribution in [-0.4, -0.2) is 82.7 Å². The number of aromatic nitrogens is 1. The summed E-state index contributed by atoms with van der Waals surface area (Å²) in [5.74, 6) is -0.649. The molecule has 0 radical (unpaired) electrons. The molecule has 3 amide bonds. The first kappa shape index (κ1) is 25.5. The van der Waals surface area contributed by atoms with Crippen LogP contribution in [0, 0.1) is 5.82 Å². The lowest BCUT2D eigenvalue weighted by molar-refractivity contribution is -0.128. The van der Waals surface area contributed by atoms with E-state index in [1.165, 1.54) is 11.0 Å². The molecular formula is C27H30ClFN4O4. The number of carbonyl (C=O) groups excluding carboxylic acids is 2. The van der Waals surface area contributed by atoms with Crippen molar-refractivity contribution in [3.63, 3.8) is 0 Å².